The van der Waals surface area contributed by atoms with Gasteiger partial charge >= 0.3 is 12.1 Å². The number of hydrogen-bond donors (Lipinski definition) is 1. The normalized spacial score (nSPS) is 12.6. The van der Waals surface area contributed by atoms with E-state index in [-0.39, 0.29) is 18.2 Å². The summed E-state index contributed by atoms with van der Waals surface area (Å²) in [5, 5.41) is 2.51. The summed E-state index contributed by atoms with van der Waals surface area (Å²) in [6, 6.07) is 25.4. The van der Waals surface area contributed by atoms with E-state index in [4.69, 9.17) is 9.47 Å². The van der Waals surface area contributed by atoms with Crippen molar-refractivity contribution in [3.8, 4) is 11.1 Å². The molecular weight excluding hydrogens is 378 g/mol. The lowest BCUT2D eigenvalue weighted by Gasteiger charge is -2.15. The Morgan fingerprint density at radius 1 is 0.867 bits per heavy atom. The van der Waals surface area contributed by atoms with Crippen molar-refractivity contribution in [3.63, 3.8) is 0 Å². The number of hydrogen-bond acceptors (Lipinski definition) is 4. The Labute approximate surface area is 175 Å². The number of benzene rings is 3. The van der Waals surface area contributed by atoms with Crippen molar-refractivity contribution in [1.29, 1.82) is 0 Å². The first-order chi connectivity index (χ1) is 14.7. The summed E-state index contributed by atoms with van der Waals surface area (Å²) in [6.45, 7) is 0.166. The van der Waals surface area contributed by atoms with Crippen LogP contribution in [0, 0.1) is 0 Å². The summed E-state index contributed by atoms with van der Waals surface area (Å²) in [5.74, 6) is -0.699. The second-order valence-corrected chi connectivity index (χ2v) is 6.91. The Kier molecular flexibility index (Phi) is 5.61. The zero-order chi connectivity index (χ0) is 20.9. The average Bonchev–Trinajstić information content (AvgIpc) is 3.11. The molecule has 0 saturated heterocycles. The fourth-order valence-electron chi connectivity index (χ4n) is 3.72. The Morgan fingerprint density at radius 2 is 1.43 bits per heavy atom. The van der Waals surface area contributed by atoms with Crippen molar-refractivity contribution < 1.29 is 19.1 Å². The zero-order valence-corrected chi connectivity index (χ0v) is 16.5. The average molecular weight is 399 g/mol. The van der Waals surface area contributed by atoms with Crippen LogP contribution in [0.5, 0.6) is 0 Å². The van der Waals surface area contributed by atoms with Gasteiger partial charge in [-0.1, -0.05) is 78.9 Å². The first-order valence-electron chi connectivity index (χ1n) is 9.64. The van der Waals surface area contributed by atoms with E-state index in [1.807, 2.05) is 54.6 Å². The van der Waals surface area contributed by atoms with Crippen LogP contribution in [-0.4, -0.2) is 25.8 Å². The molecule has 1 aliphatic carbocycles. The molecule has 0 unspecified atom stereocenters. The van der Waals surface area contributed by atoms with Gasteiger partial charge in [-0.3, -0.25) is 5.32 Å². The van der Waals surface area contributed by atoms with E-state index in [0.29, 0.717) is 0 Å². The van der Waals surface area contributed by atoms with E-state index >= 15 is 0 Å². The number of amides is 1. The van der Waals surface area contributed by atoms with Crippen molar-refractivity contribution in [2.45, 2.75) is 5.92 Å². The van der Waals surface area contributed by atoms with Gasteiger partial charge in [-0.05, 0) is 33.9 Å². The quantitative estimate of drug-likeness (QED) is 0.497. The highest BCUT2D eigenvalue weighted by atomic mass is 16.6. The lowest BCUT2D eigenvalue weighted by molar-refractivity contribution is -0.136. The molecule has 30 heavy (non-hydrogen) atoms. The minimum atomic E-state index is -0.704. The van der Waals surface area contributed by atoms with Gasteiger partial charge in [0, 0.05) is 5.92 Å². The van der Waals surface area contributed by atoms with Crippen LogP contribution in [0.3, 0.4) is 0 Å². The van der Waals surface area contributed by atoms with Crippen molar-refractivity contribution in [1.82, 2.24) is 5.32 Å². The summed E-state index contributed by atoms with van der Waals surface area (Å²) in [5.41, 5.74) is 5.33. The van der Waals surface area contributed by atoms with Crippen LogP contribution in [-0.2, 0) is 14.3 Å². The molecular formula is C25H21NO4. The Hall–Kier alpha value is -3.86. The van der Waals surface area contributed by atoms with E-state index in [9.17, 15) is 9.59 Å². The van der Waals surface area contributed by atoms with Crippen LogP contribution >= 0.6 is 0 Å². The summed E-state index contributed by atoms with van der Waals surface area (Å²) >= 11 is 0. The van der Waals surface area contributed by atoms with Gasteiger partial charge in [0.15, 0.2) is 0 Å². The molecule has 5 heteroatoms. The predicted molar refractivity (Wildman–Crippen MR) is 115 cm³/mol. The Balaban J connectivity index is 1.49. The standard InChI is InChI=1S/C25H21NO4/c1-29-24(27)23(15-17-9-3-2-4-10-17)26-25(28)30-16-22-20-13-7-5-11-18(20)19-12-6-8-14-21(19)22/h2-15,22H,16H2,1H3,(H,26,28)/b23-15-. The van der Waals surface area contributed by atoms with Crippen LogP contribution in [0.1, 0.15) is 22.6 Å². The van der Waals surface area contributed by atoms with Gasteiger partial charge in [-0.25, -0.2) is 9.59 Å². The van der Waals surface area contributed by atoms with Crippen LogP contribution in [0.25, 0.3) is 17.2 Å². The van der Waals surface area contributed by atoms with Gasteiger partial charge in [-0.2, -0.15) is 0 Å². The van der Waals surface area contributed by atoms with Gasteiger partial charge in [0.2, 0.25) is 0 Å². The van der Waals surface area contributed by atoms with Gasteiger partial charge in [-0.15, -0.1) is 0 Å². The van der Waals surface area contributed by atoms with Crippen LogP contribution in [0.2, 0.25) is 0 Å². The first kappa shape index (κ1) is 19.5. The lowest BCUT2D eigenvalue weighted by Crippen LogP contribution is -2.29. The molecule has 0 saturated carbocycles. The number of carbonyl (C=O) groups is 2. The number of rotatable bonds is 5. The molecule has 3 aromatic rings. The van der Waals surface area contributed by atoms with Crippen LogP contribution in [0.4, 0.5) is 4.79 Å². The number of carbonyl (C=O) groups excluding carboxylic acids is 2. The third-order valence-electron chi connectivity index (χ3n) is 5.10. The highest BCUT2D eigenvalue weighted by Gasteiger charge is 2.29. The molecule has 0 spiro atoms. The largest absolute Gasteiger partial charge is 0.464 e. The summed E-state index contributed by atoms with van der Waals surface area (Å²) < 4.78 is 10.3. The number of ether oxygens (including phenoxy) is 2. The molecule has 1 aliphatic rings. The molecule has 150 valence electrons. The molecule has 0 bridgehead atoms. The zero-order valence-electron chi connectivity index (χ0n) is 16.5. The molecule has 0 fully saturated rings. The van der Waals surface area contributed by atoms with Gasteiger partial charge in [0.25, 0.3) is 0 Å². The summed E-state index contributed by atoms with van der Waals surface area (Å²) in [6.07, 6.45) is 0.845. The maximum atomic E-state index is 12.5. The predicted octanol–water partition coefficient (Wildman–Crippen LogP) is 4.74. The second-order valence-electron chi connectivity index (χ2n) is 6.91. The molecule has 0 aromatic heterocycles. The van der Waals surface area contributed by atoms with Crippen molar-refractivity contribution in [3.05, 3.63) is 101 Å². The van der Waals surface area contributed by atoms with Gasteiger partial charge < -0.3 is 9.47 Å². The summed E-state index contributed by atoms with van der Waals surface area (Å²) in [4.78, 5) is 24.5. The number of fused-ring (bicyclic) bond motifs is 3. The third-order valence-corrected chi connectivity index (χ3v) is 5.10. The molecule has 0 heterocycles. The van der Waals surface area contributed by atoms with E-state index in [1.54, 1.807) is 6.08 Å². The number of nitrogens with one attached hydrogen (secondary N) is 1. The molecule has 1 amide bonds. The highest BCUT2D eigenvalue weighted by molar-refractivity contribution is 5.96. The Bertz CT molecular complexity index is 1060. The monoisotopic (exact) mass is 399 g/mol. The maximum absolute atomic E-state index is 12.5. The topological polar surface area (TPSA) is 64.6 Å². The molecule has 1 N–H and O–H groups in total. The van der Waals surface area contributed by atoms with E-state index in [2.05, 4.69) is 29.6 Å². The number of alkyl carbamates (subject to hydrolysis) is 1. The fraction of sp³-hybridized carbons (Fsp3) is 0.120. The van der Waals surface area contributed by atoms with E-state index < -0.39 is 12.1 Å². The minimum absolute atomic E-state index is 0.0147. The molecule has 3 aromatic carbocycles. The highest BCUT2D eigenvalue weighted by Crippen LogP contribution is 2.44. The molecule has 4 rings (SSSR count). The molecule has 0 atom stereocenters. The minimum Gasteiger partial charge on any atom is -0.464 e. The Morgan fingerprint density at radius 3 is 2.03 bits per heavy atom. The van der Waals surface area contributed by atoms with Crippen molar-refractivity contribution >= 4 is 18.1 Å². The SMILES string of the molecule is COC(=O)/C(=C/c1ccccc1)NC(=O)OCC1c2ccccc2-c2ccccc21. The maximum Gasteiger partial charge on any atom is 0.411 e. The number of methoxy groups -OCH3 is 1. The van der Waals surface area contributed by atoms with Gasteiger partial charge in [0.05, 0.1) is 7.11 Å². The van der Waals surface area contributed by atoms with E-state index in [0.717, 1.165) is 27.8 Å². The number of esters is 1. The smallest absolute Gasteiger partial charge is 0.411 e. The third kappa shape index (κ3) is 3.96. The second kappa shape index (κ2) is 8.66. The van der Waals surface area contributed by atoms with E-state index in [1.165, 1.54) is 7.11 Å². The molecule has 0 aliphatic heterocycles. The molecule has 5 nitrogen and oxygen atoms in total. The van der Waals surface area contributed by atoms with Crippen LogP contribution < -0.4 is 5.32 Å². The molecule has 0 radical (unpaired) electrons. The summed E-state index contributed by atoms with van der Waals surface area (Å²) in [7, 11) is 1.26. The van der Waals surface area contributed by atoms with Crippen molar-refractivity contribution in [2.24, 2.45) is 0 Å². The fourth-order valence-corrected chi connectivity index (χ4v) is 3.72. The van der Waals surface area contributed by atoms with Crippen molar-refractivity contribution in [2.75, 3.05) is 13.7 Å². The van der Waals surface area contributed by atoms with Crippen LogP contribution in [0.15, 0.2) is 84.6 Å². The van der Waals surface area contributed by atoms with Gasteiger partial charge in [0.1, 0.15) is 12.3 Å². The lowest BCUT2D eigenvalue weighted by atomic mass is 9.98. The first-order valence-corrected chi connectivity index (χ1v) is 9.64.